The van der Waals surface area contributed by atoms with Crippen molar-refractivity contribution in [3.05, 3.63) is 35.4 Å². The van der Waals surface area contributed by atoms with Crippen LogP contribution in [0.4, 0.5) is 13.2 Å². The number of benzene rings is 1. The molecule has 0 radical (unpaired) electrons. The summed E-state index contributed by atoms with van der Waals surface area (Å²) in [4.78, 5) is 35.3. The highest BCUT2D eigenvalue weighted by Crippen LogP contribution is 2.31. The van der Waals surface area contributed by atoms with Crippen LogP contribution in [0.5, 0.6) is 0 Å². The number of Topliss-reactive ketones (excluding diaryl/α,β-unsaturated/α-hetero) is 1. The molecule has 1 atom stereocenters. The molecule has 0 unspecified atom stereocenters. The van der Waals surface area contributed by atoms with Crippen molar-refractivity contribution in [1.29, 1.82) is 0 Å². The first-order valence-corrected chi connectivity index (χ1v) is 8.43. The van der Waals surface area contributed by atoms with E-state index in [9.17, 15) is 32.7 Å². The minimum absolute atomic E-state index is 0.182. The number of halogens is 3. The number of hydrogen-bond donors (Lipinski definition) is 4. The fraction of sp³-hybridized carbons (Fsp3) is 0.500. The molecule has 0 aromatic heterocycles. The van der Waals surface area contributed by atoms with Crippen LogP contribution >= 0.6 is 0 Å². The number of amides is 2. The van der Waals surface area contributed by atoms with Crippen molar-refractivity contribution < 1.29 is 37.8 Å². The molecule has 0 aliphatic heterocycles. The van der Waals surface area contributed by atoms with E-state index in [2.05, 4.69) is 10.6 Å². The minimum Gasteiger partial charge on any atom is -0.396 e. The average molecular weight is 404 g/mol. The first-order chi connectivity index (χ1) is 12.9. The highest BCUT2D eigenvalue weighted by molar-refractivity contribution is 6.36. The van der Waals surface area contributed by atoms with Crippen molar-refractivity contribution >= 4 is 17.6 Å². The van der Waals surface area contributed by atoms with E-state index < -0.39 is 60.4 Å². The van der Waals surface area contributed by atoms with Gasteiger partial charge in [-0.1, -0.05) is 32.0 Å². The van der Waals surface area contributed by atoms with Gasteiger partial charge in [-0.25, -0.2) is 0 Å². The molecule has 1 rings (SSSR count). The lowest BCUT2D eigenvalue weighted by atomic mass is 9.87. The van der Waals surface area contributed by atoms with Crippen LogP contribution in [0.25, 0.3) is 0 Å². The summed E-state index contributed by atoms with van der Waals surface area (Å²) < 4.78 is 38.7. The maximum absolute atomic E-state index is 12.9. The fourth-order valence-corrected chi connectivity index (χ4v) is 2.18. The second-order valence-corrected chi connectivity index (χ2v) is 6.85. The van der Waals surface area contributed by atoms with Crippen LogP contribution in [-0.4, -0.2) is 47.1 Å². The van der Waals surface area contributed by atoms with Gasteiger partial charge in [-0.05, 0) is 11.6 Å². The van der Waals surface area contributed by atoms with Crippen LogP contribution in [-0.2, 0) is 27.1 Å². The van der Waals surface area contributed by atoms with Gasteiger partial charge in [-0.2, -0.15) is 13.2 Å². The Morgan fingerprint density at radius 3 is 2.29 bits per heavy atom. The van der Waals surface area contributed by atoms with Crippen LogP contribution < -0.4 is 10.6 Å². The average Bonchev–Trinajstić information content (AvgIpc) is 2.64. The number of carbonyl (C=O) groups is 3. The molecule has 0 saturated heterocycles. The Morgan fingerprint density at radius 2 is 1.71 bits per heavy atom. The zero-order chi connectivity index (χ0) is 21.5. The molecule has 28 heavy (non-hydrogen) atoms. The third kappa shape index (κ3) is 6.61. The predicted octanol–water partition coefficient (Wildman–Crippen LogP) is 0.776. The lowest BCUT2D eigenvalue weighted by Crippen LogP contribution is -2.46. The highest BCUT2D eigenvalue weighted by atomic mass is 19.4. The number of aliphatic hydroxyl groups excluding tert-OH is 2. The molecule has 0 aliphatic rings. The van der Waals surface area contributed by atoms with Gasteiger partial charge in [-0.3, -0.25) is 14.4 Å². The van der Waals surface area contributed by atoms with Gasteiger partial charge in [-0.15, -0.1) is 0 Å². The first-order valence-electron chi connectivity index (χ1n) is 8.43. The Morgan fingerprint density at radius 1 is 1.11 bits per heavy atom. The molecule has 1 aromatic carbocycles. The third-order valence-corrected chi connectivity index (χ3v) is 4.06. The Labute approximate surface area is 159 Å². The van der Waals surface area contributed by atoms with Gasteiger partial charge in [0.2, 0.25) is 11.7 Å². The second kappa shape index (κ2) is 9.65. The van der Waals surface area contributed by atoms with E-state index >= 15 is 0 Å². The van der Waals surface area contributed by atoms with Crippen molar-refractivity contribution in [2.24, 2.45) is 5.41 Å². The van der Waals surface area contributed by atoms with Crippen molar-refractivity contribution in [2.45, 2.75) is 39.1 Å². The van der Waals surface area contributed by atoms with Crippen LogP contribution in [0.15, 0.2) is 24.3 Å². The van der Waals surface area contributed by atoms with E-state index in [-0.39, 0.29) is 12.1 Å². The van der Waals surface area contributed by atoms with E-state index in [0.29, 0.717) is 0 Å². The Hall–Kier alpha value is -2.46. The number of rotatable bonds is 9. The standard InChI is InChI=1S/C18H23F3N2O5/c1-17(2,10-24)14(26)16(28)22-8-7-13(25)15(27)23-9-11-5-3-4-6-12(11)18(19,20)21/h3-6,14,24,26H,7-10H2,1-2H3,(H,22,28)(H,23,27)/t14-/m0/s1. The molecular weight excluding hydrogens is 381 g/mol. The van der Waals surface area contributed by atoms with Gasteiger partial charge in [0.05, 0.1) is 12.2 Å². The number of nitrogens with one attached hydrogen (secondary N) is 2. The highest BCUT2D eigenvalue weighted by Gasteiger charge is 2.34. The maximum Gasteiger partial charge on any atom is 0.416 e. The molecule has 7 nitrogen and oxygen atoms in total. The van der Waals surface area contributed by atoms with Gasteiger partial charge < -0.3 is 20.8 Å². The summed E-state index contributed by atoms with van der Waals surface area (Å²) in [6.07, 6.45) is -6.50. The normalized spacial score (nSPS) is 13.0. The van der Waals surface area contributed by atoms with E-state index in [1.54, 1.807) is 0 Å². The van der Waals surface area contributed by atoms with Crippen LogP contribution in [0, 0.1) is 5.41 Å². The maximum atomic E-state index is 12.9. The molecule has 0 spiro atoms. The largest absolute Gasteiger partial charge is 0.416 e. The number of aliphatic hydroxyl groups is 2. The number of carbonyl (C=O) groups excluding carboxylic acids is 3. The van der Waals surface area contributed by atoms with Gasteiger partial charge in [0.1, 0.15) is 6.10 Å². The van der Waals surface area contributed by atoms with Gasteiger partial charge in [0.25, 0.3) is 5.91 Å². The van der Waals surface area contributed by atoms with Crippen molar-refractivity contribution in [1.82, 2.24) is 10.6 Å². The number of hydrogen-bond acceptors (Lipinski definition) is 5. The Kier molecular flexibility index (Phi) is 8.13. The minimum atomic E-state index is -4.58. The summed E-state index contributed by atoms with van der Waals surface area (Å²) in [5.74, 6) is -2.82. The SMILES string of the molecule is CC(C)(CO)[C@@H](O)C(=O)NCCC(=O)C(=O)NCc1ccccc1C(F)(F)F. The van der Waals surface area contributed by atoms with Gasteiger partial charge in [0, 0.05) is 24.9 Å². The van der Waals surface area contributed by atoms with E-state index in [1.807, 2.05) is 0 Å². The lowest BCUT2D eigenvalue weighted by molar-refractivity contribution is -0.139. The lowest BCUT2D eigenvalue weighted by Gasteiger charge is -2.27. The van der Waals surface area contributed by atoms with Crippen molar-refractivity contribution in [3.8, 4) is 0 Å². The summed E-state index contributed by atoms with van der Waals surface area (Å²) in [5.41, 5.74) is -2.17. The van der Waals surface area contributed by atoms with Gasteiger partial charge in [0.15, 0.2) is 0 Å². The zero-order valence-electron chi connectivity index (χ0n) is 15.5. The second-order valence-electron chi connectivity index (χ2n) is 6.85. The molecule has 156 valence electrons. The topological polar surface area (TPSA) is 116 Å². The molecule has 2 amide bonds. The summed E-state index contributed by atoms with van der Waals surface area (Å²) in [6.45, 7) is 1.77. The molecular formula is C18H23F3N2O5. The fourth-order valence-electron chi connectivity index (χ4n) is 2.18. The molecule has 0 bridgehead atoms. The summed E-state index contributed by atoms with van der Waals surface area (Å²) in [7, 11) is 0. The molecule has 10 heteroatoms. The quantitative estimate of drug-likeness (QED) is 0.454. The molecule has 0 fully saturated rings. The van der Waals surface area contributed by atoms with Crippen LogP contribution in [0.1, 0.15) is 31.4 Å². The van der Waals surface area contributed by atoms with Gasteiger partial charge >= 0.3 is 6.18 Å². The van der Waals surface area contributed by atoms with E-state index in [1.165, 1.54) is 32.0 Å². The van der Waals surface area contributed by atoms with Crippen molar-refractivity contribution in [3.63, 3.8) is 0 Å². The molecule has 0 heterocycles. The number of ketones is 1. The Balaban J connectivity index is 2.51. The molecule has 0 saturated carbocycles. The summed E-state index contributed by atoms with van der Waals surface area (Å²) >= 11 is 0. The summed E-state index contributed by atoms with van der Waals surface area (Å²) in [6, 6.07) is 4.66. The van der Waals surface area contributed by atoms with Crippen molar-refractivity contribution in [2.75, 3.05) is 13.2 Å². The Bertz CT molecular complexity index is 719. The van der Waals surface area contributed by atoms with E-state index in [4.69, 9.17) is 5.11 Å². The smallest absolute Gasteiger partial charge is 0.396 e. The van der Waals surface area contributed by atoms with Crippen LogP contribution in [0.2, 0.25) is 0 Å². The number of alkyl halides is 3. The monoisotopic (exact) mass is 404 g/mol. The van der Waals surface area contributed by atoms with E-state index in [0.717, 1.165) is 6.07 Å². The summed E-state index contributed by atoms with van der Waals surface area (Å²) in [5, 5.41) is 23.3. The van der Waals surface area contributed by atoms with Crippen LogP contribution in [0.3, 0.4) is 0 Å². The predicted molar refractivity (Wildman–Crippen MR) is 92.8 cm³/mol. The molecule has 0 aliphatic carbocycles. The zero-order valence-corrected chi connectivity index (χ0v) is 15.5. The first kappa shape index (κ1) is 23.6. The third-order valence-electron chi connectivity index (χ3n) is 4.06. The molecule has 4 N–H and O–H groups in total. The molecule has 1 aromatic rings.